The number of hydrogen-bond donors (Lipinski definition) is 0. The SMILES string of the molecule is CCC(C)CCCC(C)(C)CCCC(C)/N=C\C=N/C. The van der Waals surface area contributed by atoms with Crippen LogP contribution in [0.2, 0.25) is 0 Å². The number of rotatable bonds is 11. The van der Waals surface area contributed by atoms with Crippen LogP contribution in [0.5, 0.6) is 0 Å². The molecule has 2 heteroatoms. The first-order chi connectivity index (χ1) is 9.41. The molecule has 0 aromatic carbocycles. The smallest absolute Gasteiger partial charge is 0.0472 e. The molecule has 2 atom stereocenters. The van der Waals surface area contributed by atoms with Crippen molar-refractivity contribution in [3.8, 4) is 0 Å². The lowest BCUT2D eigenvalue weighted by molar-refractivity contribution is 0.274. The van der Waals surface area contributed by atoms with E-state index in [1.807, 2.05) is 6.21 Å². The zero-order valence-electron chi connectivity index (χ0n) is 14.7. The Labute approximate surface area is 127 Å². The van der Waals surface area contributed by atoms with Crippen LogP contribution in [-0.4, -0.2) is 25.5 Å². The fraction of sp³-hybridized carbons (Fsp3) is 0.889. The van der Waals surface area contributed by atoms with Gasteiger partial charge >= 0.3 is 0 Å². The Bertz CT molecular complexity index is 279. The number of hydrogen-bond acceptors (Lipinski definition) is 2. The Morgan fingerprint density at radius 1 is 1.00 bits per heavy atom. The average Bonchev–Trinajstić information content (AvgIpc) is 2.38. The van der Waals surface area contributed by atoms with Gasteiger partial charge in [0.05, 0.1) is 0 Å². The summed E-state index contributed by atoms with van der Waals surface area (Å²) in [6.45, 7) is 11.7. The van der Waals surface area contributed by atoms with Gasteiger partial charge in [-0.25, -0.2) is 0 Å². The summed E-state index contributed by atoms with van der Waals surface area (Å²) in [7, 11) is 1.78. The molecule has 118 valence electrons. The second-order valence-corrected chi connectivity index (χ2v) is 7.02. The molecule has 0 saturated heterocycles. The quantitative estimate of drug-likeness (QED) is 0.443. The third-order valence-electron chi connectivity index (χ3n) is 4.28. The summed E-state index contributed by atoms with van der Waals surface area (Å²) >= 11 is 0. The molecule has 0 N–H and O–H groups in total. The third kappa shape index (κ3) is 11.2. The molecule has 0 bridgehead atoms. The van der Waals surface area contributed by atoms with Gasteiger partial charge in [-0.05, 0) is 37.5 Å². The molecule has 0 rings (SSSR count). The summed E-state index contributed by atoms with van der Waals surface area (Å²) in [6, 6.07) is 0.420. The lowest BCUT2D eigenvalue weighted by Crippen LogP contribution is -2.13. The van der Waals surface area contributed by atoms with Gasteiger partial charge in [-0.2, -0.15) is 0 Å². The van der Waals surface area contributed by atoms with Gasteiger partial charge in [0.15, 0.2) is 0 Å². The molecule has 0 saturated carbocycles. The van der Waals surface area contributed by atoms with Crippen LogP contribution in [-0.2, 0) is 0 Å². The van der Waals surface area contributed by atoms with E-state index >= 15 is 0 Å². The Kier molecular flexibility index (Phi) is 10.7. The van der Waals surface area contributed by atoms with Crippen molar-refractivity contribution in [1.29, 1.82) is 0 Å². The maximum atomic E-state index is 4.46. The molecule has 0 heterocycles. The van der Waals surface area contributed by atoms with Gasteiger partial charge in [0.1, 0.15) is 0 Å². The van der Waals surface area contributed by atoms with E-state index in [0.29, 0.717) is 11.5 Å². The molecular formula is C18H36N2. The summed E-state index contributed by atoms with van der Waals surface area (Å²) in [4.78, 5) is 8.36. The summed E-state index contributed by atoms with van der Waals surface area (Å²) in [6.07, 6.45) is 12.8. The van der Waals surface area contributed by atoms with Crippen LogP contribution < -0.4 is 0 Å². The van der Waals surface area contributed by atoms with Crippen molar-refractivity contribution < 1.29 is 0 Å². The van der Waals surface area contributed by atoms with E-state index in [0.717, 1.165) is 5.92 Å². The summed E-state index contributed by atoms with van der Waals surface area (Å²) < 4.78 is 0. The maximum Gasteiger partial charge on any atom is 0.0472 e. The highest BCUT2D eigenvalue weighted by molar-refractivity contribution is 6.15. The highest BCUT2D eigenvalue weighted by Crippen LogP contribution is 2.31. The molecule has 2 unspecified atom stereocenters. The van der Waals surface area contributed by atoms with Crippen molar-refractivity contribution in [1.82, 2.24) is 0 Å². The predicted octanol–water partition coefficient (Wildman–Crippen LogP) is 5.56. The first-order valence-electron chi connectivity index (χ1n) is 8.35. The Morgan fingerprint density at radius 3 is 2.15 bits per heavy atom. The number of nitrogens with zero attached hydrogens (tertiary/aromatic N) is 2. The first kappa shape index (κ1) is 19.3. The monoisotopic (exact) mass is 280 g/mol. The van der Waals surface area contributed by atoms with E-state index in [1.54, 1.807) is 13.3 Å². The maximum absolute atomic E-state index is 4.46. The molecule has 0 aromatic rings. The normalized spacial score (nSPS) is 16.1. The van der Waals surface area contributed by atoms with Crippen LogP contribution in [0.15, 0.2) is 9.98 Å². The van der Waals surface area contributed by atoms with E-state index in [4.69, 9.17) is 0 Å². The minimum Gasteiger partial charge on any atom is -0.295 e. The van der Waals surface area contributed by atoms with Crippen LogP contribution in [0, 0.1) is 11.3 Å². The molecule has 0 aliphatic carbocycles. The number of aliphatic imine (C=N–C) groups is 2. The largest absolute Gasteiger partial charge is 0.295 e. The van der Waals surface area contributed by atoms with Gasteiger partial charge in [0.2, 0.25) is 0 Å². The zero-order chi connectivity index (χ0) is 15.4. The second kappa shape index (κ2) is 11.0. The van der Waals surface area contributed by atoms with Crippen LogP contribution in [0.3, 0.4) is 0 Å². The van der Waals surface area contributed by atoms with Crippen molar-refractivity contribution in [3.63, 3.8) is 0 Å². The van der Waals surface area contributed by atoms with Gasteiger partial charge in [-0.3, -0.25) is 9.98 Å². The van der Waals surface area contributed by atoms with E-state index in [9.17, 15) is 0 Å². The highest BCUT2D eigenvalue weighted by atomic mass is 14.8. The van der Waals surface area contributed by atoms with Crippen molar-refractivity contribution >= 4 is 12.4 Å². The molecule has 0 spiro atoms. The van der Waals surface area contributed by atoms with Gasteiger partial charge in [-0.15, -0.1) is 0 Å². The average molecular weight is 280 g/mol. The van der Waals surface area contributed by atoms with E-state index < -0.39 is 0 Å². The summed E-state index contributed by atoms with van der Waals surface area (Å²) in [5, 5.41) is 0. The van der Waals surface area contributed by atoms with Crippen molar-refractivity contribution in [2.75, 3.05) is 7.05 Å². The van der Waals surface area contributed by atoms with Crippen LogP contribution in [0.1, 0.15) is 79.6 Å². The van der Waals surface area contributed by atoms with E-state index in [2.05, 4.69) is 44.6 Å². The van der Waals surface area contributed by atoms with E-state index in [-0.39, 0.29) is 0 Å². The molecule has 0 aromatic heterocycles. The van der Waals surface area contributed by atoms with Crippen LogP contribution in [0.4, 0.5) is 0 Å². The molecule has 2 nitrogen and oxygen atoms in total. The van der Waals surface area contributed by atoms with Crippen molar-refractivity contribution in [2.45, 2.75) is 85.6 Å². The van der Waals surface area contributed by atoms with Crippen LogP contribution in [0.25, 0.3) is 0 Å². The lowest BCUT2D eigenvalue weighted by Gasteiger charge is -2.25. The minimum atomic E-state index is 0.420. The second-order valence-electron chi connectivity index (χ2n) is 7.02. The Balaban J connectivity index is 3.80. The van der Waals surface area contributed by atoms with Crippen molar-refractivity contribution in [3.05, 3.63) is 0 Å². The van der Waals surface area contributed by atoms with Crippen LogP contribution >= 0.6 is 0 Å². The lowest BCUT2D eigenvalue weighted by atomic mass is 9.81. The molecular weight excluding hydrogens is 244 g/mol. The molecule has 0 amide bonds. The Hall–Kier alpha value is -0.660. The standard InChI is InChI=1S/C18H36N2/c1-7-16(2)10-8-12-18(4,5)13-9-11-17(3)20-15-14-19-6/h14-17H,7-13H2,1-6H3/b19-14-,20-15-. The third-order valence-corrected chi connectivity index (χ3v) is 4.28. The minimum absolute atomic E-state index is 0.420. The molecule has 0 aliphatic rings. The topological polar surface area (TPSA) is 24.7 Å². The van der Waals surface area contributed by atoms with Gasteiger partial charge in [0, 0.05) is 25.5 Å². The fourth-order valence-electron chi connectivity index (χ4n) is 2.46. The van der Waals surface area contributed by atoms with Gasteiger partial charge in [0.25, 0.3) is 0 Å². The summed E-state index contributed by atoms with van der Waals surface area (Å²) in [5.41, 5.74) is 0.488. The first-order valence-corrected chi connectivity index (χ1v) is 8.35. The van der Waals surface area contributed by atoms with Crippen molar-refractivity contribution in [2.24, 2.45) is 21.3 Å². The Morgan fingerprint density at radius 2 is 1.60 bits per heavy atom. The molecule has 0 fully saturated rings. The fourth-order valence-corrected chi connectivity index (χ4v) is 2.46. The van der Waals surface area contributed by atoms with Gasteiger partial charge < -0.3 is 0 Å². The molecule has 0 aliphatic heterocycles. The van der Waals surface area contributed by atoms with E-state index in [1.165, 1.54) is 44.9 Å². The predicted molar refractivity (Wildman–Crippen MR) is 93.3 cm³/mol. The zero-order valence-corrected chi connectivity index (χ0v) is 14.7. The molecule has 0 radical (unpaired) electrons. The highest BCUT2D eigenvalue weighted by Gasteiger charge is 2.17. The summed E-state index contributed by atoms with van der Waals surface area (Å²) in [5.74, 6) is 0.889. The van der Waals surface area contributed by atoms with Gasteiger partial charge in [-0.1, -0.05) is 53.4 Å². The molecule has 20 heavy (non-hydrogen) atoms.